The lowest BCUT2D eigenvalue weighted by Gasteiger charge is -2.22. The zero-order chi connectivity index (χ0) is 13.6. The maximum atomic E-state index is 12.2. The Kier molecular flexibility index (Phi) is 5.00. The Hall–Kier alpha value is -1.72. The average Bonchev–Trinajstić information content (AvgIpc) is 2.33. The molecule has 1 amide bonds. The molecule has 1 rings (SSSR count). The number of rotatable bonds is 5. The van der Waals surface area contributed by atoms with Crippen LogP contribution in [0, 0.1) is 0 Å². The van der Waals surface area contributed by atoms with Gasteiger partial charge in [0.15, 0.2) is 0 Å². The number of carbonyl (C=O) groups excluding carboxylic acids is 1. The lowest BCUT2D eigenvalue weighted by Crippen LogP contribution is -2.41. The number of hydrogen-bond acceptors (Lipinski definition) is 2. The average molecular weight is 260 g/mol. The van der Waals surface area contributed by atoms with Gasteiger partial charge in [-0.1, -0.05) is 18.2 Å². The minimum absolute atomic E-state index is 0.0365. The van der Waals surface area contributed by atoms with Crippen LogP contribution in [-0.2, 0) is 4.79 Å². The molecule has 0 heterocycles. The van der Waals surface area contributed by atoms with E-state index in [0.29, 0.717) is 5.69 Å². The molecule has 1 aromatic rings. The maximum absolute atomic E-state index is 12.2. The number of amides is 1. The zero-order valence-electron chi connectivity index (χ0n) is 10.00. The third-order valence-electron chi connectivity index (χ3n) is 2.32. The van der Waals surface area contributed by atoms with Crippen LogP contribution in [0.4, 0.5) is 18.9 Å². The standard InChI is InChI=1S/C12H15F3N2O/c1-2-17(9-12(13,14)15)11(18)8-16-10-6-4-3-5-7-10/h3-7,16H,2,8-9H2,1H3. The molecular weight excluding hydrogens is 245 g/mol. The smallest absolute Gasteiger partial charge is 0.376 e. The van der Waals surface area contributed by atoms with Crippen molar-refractivity contribution in [3.8, 4) is 0 Å². The SMILES string of the molecule is CCN(CC(F)(F)F)C(=O)CNc1ccccc1. The third-order valence-corrected chi connectivity index (χ3v) is 2.32. The molecule has 0 saturated heterocycles. The highest BCUT2D eigenvalue weighted by atomic mass is 19.4. The summed E-state index contributed by atoms with van der Waals surface area (Å²) >= 11 is 0. The van der Waals surface area contributed by atoms with Crippen LogP contribution < -0.4 is 5.32 Å². The van der Waals surface area contributed by atoms with Gasteiger partial charge in [0.05, 0.1) is 6.54 Å². The van der Waals surface area contributed by atoms with Crippen molar-refractivity contribution in [3.05, 3.63) is 30.3 Å². The van der Waals surface area contributed by atoms with Crippen molar-refractivity contribution >= 4 is 11.6 Å². The quantitative estimate of drug-likeness (QED) is 0.882. The first-order chi connectivity index (χ1) is 8.42. The molecule has 3 nitrogen and oxygen atoms in total. The summed E-state index contributed by atoms with van der Waals surface area (Å²) in [6.07, 6.45) is -4.36. The molecule has 18 heavy (non-hydrogen) atoms. The number of para-hydroxylation sites is 1. The fourth-order valence-electron chi connectivity index (χ4n) is 1.44. The summed E-state index contributed by atoms with van der Waals surface area (Å²) in [5.74, 6) is -0.571. The fourth-order valence-corrected chi connectivity index (χ4v) is 1.44. The Bertz CT molecular complexity index is 379. The van der Waals surface area contributed by atoms with E-state index < -0.39 is 18.6 Å². The maximum Gasteiger partial charge on any atom is 0.406 e. The highest BCUT2D eigenvalue weighted by Crippen LogP contribution is 2.16. The van der Waals surface area contributed by atoms with Gasteiger partial charge in [0.2, 0.25) is 5.91 Å². The fraction of sp³-hybridized carbons (Fsp3) is 0.417. The molecule has 0 aliphatic rings. The van der Waals surface area contributed by atoms with Gasteiger partial charge in [0.25, 0.3) is 0 Å². The number of alkyl halides is 3. The van der Waals surface area contributed by atoms with E-state index in [-0.39, 0.29) is 13.1 Å². The van der Waals surface area contributed by atoms with Gasteiger partial charge in [-0.05, 0) is 19.1 Å². The van der Waals surface area contributed by atoms with E-state index >= 15 is 0 Å². The van der Waals surface area contributed by atoms with E-state index in [1.807, 2.05) is 6.07 Å². The van der Waals surface area contributed by atoms with Crippen molar-refractivity contribution in [1.29, 1.82) is 0 Å². The molecular formula is C12H15F3N2O. The molecule has 0 atom stereocenters. The Labute approximate surface area is 104 Å². The number of nitrogens with one attached hydrogen (secondary N) is 1. The minimum atomic E-state index is -4.36. The molecule has 1 N–H and O–H groups in total. The predicted octanol–water partition coefficient (Wildman–Crippen LogP) is 2.51. The largest absolute Gasteiger partial charge is 0.406 e. The number of anilines is 1. The Balaban J connectivity index is 2.48. The molecule has 0 spiro atoms. The predicted molar refractivity (Wildman–Crippen MR) is 63.2 cm³/mol. The van der Waals surface area contributed by atoms with Crippen molar-refractivity contribution in [3.63, 3.8) is 0 Å². The van der Waals surface area contributed by atoms with Crippen LogP contribution in [0.2, 0.25) is 0 Å². The van der Waals surface area contributed by atoms with Crippen molar-refractivity contribution in [2.75, 3.05) is 25.0 Å². The Morgan fingerprint density at radius 2 is 1.89 bits per heavy atom. The molecule has 0 aromatic heterocycles. The van der Waals surface area contributed by atoms with Crippen LogP contribution in [0.3, 0.4) is 0 Å². The van der Waals surface area contributed by atoms with Crippen molar-refractivity contribution in [2.24, 2.45) is 0 Å². The Morgan fingerprint density at radius 3 is 2.39 bits per heavy atom. The molecule has 0 fully saturated rings. The van der Waals surface area contributed by atoms with Gasteiger partial charge >= 0.3 is 6.18 Å². The summed E-state index contributed by atoms with van der Waals surface area (Å²) in [5, 5.41) is 2.79. The molecule has 100 valence electrons. The van der Waals surface area contributed by atoms with Crippen LogP contribution in [0.15, 0.2) is 30.3 Å². The van der Waals surface area contributed by atoms with Gasteiger partial charge in [0.1, 0.15) is 6.54 Å². The van der Waals surface area contributed by atoms with Crippen molar-refractivity contribution < 1.29 is 18.0 Å². The summed E-state index contributed by atoms with van der Waals surface area (Å²) in [5.41, 5.74) is 0.703. The summed E-state index contributed by atoms with van der Waals surface area (Å²) in [6, 6.07) is 8.86. The Morgan fingerprint density at radius 1 is 1.28 bits per heavy atom. The van der Waals surface area contributed by atoms with E-state index in [9.17, 15) is 18.0 Å². The molecule has 0 bridgehead atoms. The van der Waals surface area contributed by atoms with E-state index in [1.54, 1.807) is 24.3 Å². The lowest BCUT2D eigenvalue weighted by atomic mass is 10.3. The molecule has 0 aliphatic carbocycles. The van der Waals surface area contributed by atoms with Crippen molar-refractivity contribution in [2.45, 2.75) is 13.1 Å². The normalized spacial score (nSPS) is 11.1. The third kappa shape index (κ3) is 5.07. The van der Waals surface area contributed by atoms with Crippen LogP contribution in [0.25, 0.3) is 0 Å². The number of benzene rings is 1. The van der Waals surface area contributed by atoms with Crippen LogP contribution in [0.5, 0.6) is 0 Å². The van der Waals surface area contributed by atoms with Gasteiger partial charge in [0, 0.05) is 12.2 Å². The second-order valence-corrected chi connectivity index (χ2v) is 3.74. The zero-order valence-corrected chi connectivity index (χ0v) is 10.00. The molecule has 1 aromatic carbocycles. The van der Waals surface area contributed by atoms with Crippen LogP contribution in [-0.4, -0.2) is 36.6 Å². The summed E-state index contributed by atoms with van der Waals surface area (Å²) < 4.78 is 36.6. The minimum Gasteiger partial charge on any atom is -0.376 e. The number of hydrogen-bond donors (Lipinski definition) is 1. The second-order valence-electron chi connectivity index (χ2n) is 3.74. The van der Waals surface area contributed by atoms with Gasteiger partial charge in [-0.3, -0.25) is 4.79 Å². The van der Waals surface area contributed by atoms with E-state index in [1.165, 1.54) is 6.92 Å². The lowest BCUT2D eigenvalue weighted by molar-refractivity contribution is -0.159. The molecule has 0 aliphatic heterocycles. The first-order valence-electron chi connectivity index (χ1n) is 5.56. The molecule has 0 unspecified atom stereocenters. The summed E-state index contributed by atoms with van der Waals surface area (Å²) in [7, 11) is 0. The number of nitrogens with zero attached hydrogens (tertiary/aromatic N) is 1. The highest BCUT2D eigenvalue weighted by Gasteiger charge is 2.32. The second kappa shape index (κ2) is 6.28. The number of carbonyl (C=O) groups is 1. The van der Waals surface area contributed by atoms with Crippen LogP contribution in [0.1, 0.15) is 6.92 Å². The monoisotopic (exact) mass is 260 g/mol. The van der Waals surface area contributed by atoms with Crippen LogP contribution >= 0.6 is 0 Å². The van der Waals surface area contributed by atoms with Gasteiger partial charge < -0.3 is 10.2 Å². The van der Waals surface area contributed by atoms with Gasteiger partial charge in [-0.2, -0.15) is 13.2 Å². The highest BCUT2D eigenvalue weighted by molar-refractivity contribution is 5.80. The summed E-state index contributed by atoms with van der Waals surface area (Å²) in [6.45, 7) is 0.202. The van der Waals surface area contributed by atoms with E-state index in [4.69, 9.17) is 0 Å². The van der Waals surface area contributed by atoms with E-state index in [2.05, 4.69) is 5.32 Å². The molecule has 6 heteroatoms. The number of likely N-dealkylation sites (N-methyl/N-ethyl adjacent to an activating group) is 1. The number of halogens is 3. The first kappa shape index (κ1) is 14.3. The first-order valence-corrected chi connectivity index (χ1v) is 5.56. The van der Waals surface area contributed by atoms with Gasteiger partial charge in [-0.15, -0.1) is 0 Å². The van der Waals surface area contributed by atoms with E-state index in [0.717, 1.165) is 4.90 Å². The topological polar surface area (TPSA) is 32.3 Å². The molecule has 0 saturated carbocycles. The molecule has 0 radical (unpaired) electrons. The van der Waals surface area contributed by atoms with Gasteiger partial charge in [-0.25, -0.2) is 0 Å². The summed E-state index contributed by atoms with van der Waals surface area (Å²) in [4.78, 5) is 12.4. The van der Waals surface area contributed by atoms with Crippen molar-refractivity contribution in [1.82, 2.24) is 4.90 Å².